The fraction of sp³-hybridized carbons (Fsp3) is 0.429. The first kappa shape index (κ1) is 20.1. The van der Waals surface area contributed by atoms with Crippen molar-refractivity contribution in [2.45, 2.75) is 63.2 Å². The third kappa shape index (κ3) is 4.70. The van der Waals surface area contributed by atoms with E-state index in [1.54, 1.807) is 23.6 Å². The Kier molecular flexibility index (Phi) is 6.30. The van der Waals surface area contributed by atoms with Crippen molar-refractivity contribution in [3.63, 3.8) is 0 Å². The zero-order valence-electron chi connectivity index (χ0n) is 16.7. The molecule has 1 N–H and O–H groups in total. The summed E-state index contributed by atoms with van der Waals surface area (Å²) in [5, 5.41) is 8.37. The number of hydrogen-bond acceptors (Lipinski definition) is 7. The summed E-state index contributed by atoms with van der Waals surface area (Å²) in [5.41, 5.74) is 3.64. The topological polar surface area (TPSA) is 80.9 Å². The predicted molar refractivity (Wildman–Crippen MR) is 116 cm³/mol. The van der Waals surface area contributed by atoms with Crippen LogP contribution < -0.4 is 5.32 Å². The van der Waals surface area contributed by atoms with Crippen LogP contribution in [-0.2, 0) is 18.6 Å². The largest absolute Gasteiger partial charge is 0.361 e. The van der Waals surface area contributed by atoms with E-state index in [1.165, 1.54) is 42.3 Å². The smallest absolute Gasteiger partial charge is 0.260 e. The van der Waals surface area contributed by atoms with Gasteiger partial charge in [0.25, 0.3) is 5.91 Å². The minimum Gasteiger partial charge on any atom is -0.361 e. The molecule has 0 atom stereocenters. The minimum absolute atomic E-state index is 0.166. The summed E-state index contributed by atoms with van der Waals surface area (Å²) >= 11 is 3.13. The number of hydrogen-bond donors (Lipinski definition) is 1. The highest BCUT2D eigenvalue weighted by molar-refractivity contribution is 7.98. The molecule has 3 heterocycles. The Bertz CT molecular complexity index is 967. The number of nitrogens with one attached hydrogen (secondary N) is 1. The number of thioether (sulfide) groups is 1. The summed E-state index contributed by atoms with van der Waals surface area (Å²) in [4.78, 5) is 23.4. The number of rotatable bonds is 5. The number of aromatic nitrogens is 3. The van der Waals surface area contributed by atoms with Crippen molar-refractivity contribution >= 4 is 34.1 Å². The molecular weight excluding hydrogens is 404 g/mol. The van der Waals surface area contributed by atoms with Crippen LogP contribution in [0.2, 0.25) is 0 Å². The van der Waals surface area contributed by atoms with Crippen LogP contribution in [0.25, 0.3) is 0 Å². The van der Waals surface area contributed by atoms with Crippen molar-refractivity contribution in [3.05, 3.63) is 51.5 Å². The molecular formula is C21H24N4O2S2. The zero-order valence-corrected chi connectivity index (χ0v) is 18.3. The van der Waals surface area contributed by atoms with Crippen LogP contribution in [0.4, 0.5) is 5.13 Å². The molecule has 1 aliphatic carbocycles. The van der Waals surface area contributed by atoms with Gasteiger partial charge >= 0.3 is 0 Å². The van der Waals surface area contributed by atoms with Gasteiger partial charge in [0.2, 0.25) is 0 Å². The third-order valence-electron chi connectivity index (χ3n) is 5.12. The number of carbonyl (C=O) groups excluding carboxylic acids is 1. The van der Waals surface area contributed by atoms with Gasteiger partial charge in [-0.25, -0.2) is 9.97 Å². The normalized spacial score (nSPS) is 14.1. The Morgan fingerprint density at radius 3 is 2.86 bits per heavy atom. The Balaban J connectivity index is 1.48. The number of pyridine rings is 1. The zero-order chi connectivity index (χ0) is 20.2. The monoisotopic (exact) mass is 428 g/mol. The van der Waals surface area contributed by atoms with E-state index >= 15 is 0 Å². The molecule has 0 spiro atoms. The van der Waals surface area contributed by atoms with Gasteiger partial charge in [-0.1, -0.05) is 18.0 Å². The van der Waals surface area contributed by atoms with Crippen molar-refractivity contribution in [1.82, 2.24) is 15.1 Å². The fourth-order valence-electron chi connectivity index (χ4n) is 3.45. The number of aryl methyl sites for hydroxylation is 4. The van der Waals surface area contributed by atoms with E-state index < -0.39 is 0 Å². The molecule has 29 heavy (non-hydrogen) atoms. The van der Waals surface area contributed by atoms with Gasteiger partial charge in [0.15, 0.2) is 5.13 Å². The van der Waals surface area contributed by atoms with Crippen LogP contribution in [0.1, 0.15) is 63.6 Å². The van der Waals surface area contributed by atoms with E-state index in [0.717, 1.165) is 35.6 Å². The van der Waals surface area contributed by atoms with Crippen LogP contribution in [0, 0.1) is 13.8 Å². The summed E-state index contributed by atoms with van der Waals surface area (Å²) in [6, 6.07) is 3.59. The standard InChI is InChI=1S/C21H24N4O2S2/c1-13-16(14(2)27-25-13)12-28-20-15(8-7-11-22-20)19(26)24-21-23-17-9-5-3-4-6-10-18(17)29-21/h7-8,11H,3-6,9-10,12H2,1-2H3,(H,23,24,26). The van der Waals surface area contributed by atoms with Gasteiger partial charge in [0, 0.05) is 22.4 Å². The van der Waals surface area contributed by atoms with Crippen molar-refractivity contribution in [3.8, 4) is 0 Å². The molecule has 0 aliphatic heterocycles. The quantitative estimate of drug-likeness (QED) is 0.552. The lowest BCUT2D eigenvalue weighted by atomic mass is 10.0. The Hall–Kier alpha value is -2.19. The summed E-state index contributed by atoms with van der Waals surface area (Å²) in [6.07, 6.45) is 8.70. The number of carbonyl (C=O) groups is 1. The molecule has 1 amide bonds. The third-order valence-corrected chi connectivity index (χ3v) is 7.22. The Morgan fingerprint density at radius 1 is 1.24 bits per heavy atom. The number of fused-ring (bicyclic) bond motifs is 1. The molecule has 0 aromatic carbocycles. The van der Waals surface area contributed by atoms with Crippen LogP contribution in [0.15, 0.2) is 27.9 Å². The predicted octanol–water partition coefficient (Wildman–Crippen LogP) is 5.35. The highest BCUT2D eigenvalue weighted by atomic mass is 32.2. The van der Waals surface area contributed by atoms with Crippen LogP contribution in [-0.4, -0.2) is 21.0 Å². The lowest BCUT2D eigenvalue weighted by molar-refractivity contribution is 0.102. The Labute approximate surface area is 178 Å². The molecule has 6 nitrogen and oxygen atoms in total. The van der Waals surface area contributed by atoms with Crippen LogP contribution in [0.3, 0.4) is 0 Å². The number of nitrogens with zero attached hydrogens (tertiary/aromatic N) is 3. The summed E-state index contributed by atoms with van der Waals surface area (Å²) in [5.74, 6) is 1.29. The first-order valence-electron chi connectivity index (χ1n) is 9.91. The second-order valence-electron chi connectivity index (χ2n) is 7.20. The van der Waals surface area contributed by atoms with Gasteiger partial charge in [0.05, 0.1) is 17.0 Å². The molecule has 1 aliphatic rings. The van der Waals surface area contributed by atoms with Crippen molar-refractivity contribution in [2.24, 2.45) is 0 Å². The first-order chi connectivity index (χ1) is 14.1. The number of anilines is 1. The molecule has 0 saturated carbocycles. The van der Waals surface area contributed by atoms with Gasteiger partial charge in [-0.15, -0.1) is 23.1 Å². The Morgan fingerprint density at radius 2 is 2.07 bits per heavy atom. The van der Waals surface area contributed by atoms with Gasteiger partial charge in [-0.2, -0.15) is 0 Å². The molecule has 0 fully saturated rings. The maximum absolute atomic E-state index is 13.0. The molecule has 4 rings (SSSR count). The van der Waals surface area contributed by atoms with Gasteiger partial charge in [-0.05, 0) is 51.7 Å². The highest BCUT2D eigenvalue weighted by Gasteiger charge is 2.19. The van der Waals surface area contributed by atoms with Crippen molar-refractivity contribution in [2.75, 3.05) is 5.32 Å². The lowest BCUT2D eigenvalue weighted by Gasteiger charge is -2.07. The highest BCUT2D eigenvalue weighted by Crippen LogP contribution is 2.30. The maximum Gasteiger partial charge on any atom is 0.260 e. The van der Waals surface area contributed by atoms with E-state index in [9.17, 15) is 4.79 Å². The van der Waals surface area contributed by atoms with Crippen LogP contribution >= 0.6 is 23.1 Å². The molecule has 3 aromatic heterocycles. The van der Waals surface area contributed by atoms with Gasteiger partial charge < -0.3 is 4.52 Å². The second-order valence-corrected chi connectivity index (χ2v) is 9.25. The van der Waals surface area contributed by atoms with Crippen molar-refractivity contribution in [1.29, 1.82) is 0 Å². The first-order valence-corrected chi connectivity index (χ1v) is 11.7. The van der Waals surface area contributed by atoms with E-state index in [4.69, 9.17) is 9.51 Å². The molecule has 0 saturated heterocycles. The fourth-order valence-corrected chi connectivity index (χ4v) is 5.64. The van der Waals surface area contributed by atoms with E-state index in [1.807, 2.05) is 19.9 Å². The second kappa shape index (κ2) is 9.09. The summed E-state index contributed by atoms with van der Waals surface area (Å²) < 4.78 is 5.23. The molecule has 8 heteroatoms. The minimum atomic E-state index is -0.166. The molecule has 3 aromatic rings. The number of amides is 1. The molecule has 0 unspecified atom stereocenters. The van der Waals surface area contributed by atoms with Gasteiger partial charge in [-0.3, -0.25) is 10.1 Å². The van der Waals surface area contributed by atoms with E-state index in [0.29, 0.717) is 21.5 Å². The summed E-state index contributed by atoms with van der Waals surface area (Å²) in [6.45, 7) is 3.82. The molecule has 152 valence electrons. The molecule has 0 bridgehead atoms. The summed E-state index contributed by atoms with van der Waals surface area (Å²) in [7, 11) is 0. The maximum atomic E-state index is 13.0. The van der Waals surface area contributed by atoms with Gasteiger partial charge in [0.1, 0.15) is 10.8 Å². The number of thiazole rings is 1. The molecule has 0 radical (unpaired) electrons. The average molecular weight is 429 g/mol. The van der Waals surface area contributed by atoms with Crippen LogP contribution in [0.5, 0.6) is 0 Å². The lowest BCUT2D eigenvalue weighted by Crippen LogP contribution is -2.13. The average Bonchev–Trinajstić information content (AvgIpc) is 3.22. The van der Waals surface area contributed by atoms with Crippen molar-refractivity contribution < 1.29 is 9.32 Å². The van der Waals surface area contributed by atoms with E-state index in [-0.39, 0.29) is 5.91 Å². The SMILES string of the molecule is Cc1noc(C)c1CSc1ncccc1C(=O)Nc1nc2c(s1)CCCCCC2. The van der Waals surface area contributed by atoms with E-state index in [2.05, 4.69) is 15.5 Å².